The number of ether oxygens (including phenoxy) is 1. The molecule has 0 saturated carbocycles. The van der Waals surface area contributed by atoms with E-state index in [0.717, 1.165) is 11.3 Å². The predicted octanol–water partition coefficient (Wildman–Crippen LogP) is 4.68. The van der Waals surface area contributed by atoms with E-state index in [1.165, 1.54) is 19.2 Å². The normalized spacial score (nSPS) is 11.5. The Morgan fingerprint density at radius 2 is 1.81 bits per heavy atom. The topological polar surface area (TPSA) is 65.5 Å². The average Bonchev–Trinajstić information content (AvgIpc) is 2.68. The van der Waals surface area contributed by atoms with Crippen LogP contribution >= 0.6 is 11.6 Å². The van der Waals surface area contributed by atoms with Gasteiger partial charge in [-0.3, -0.25) is 4.98 Å². The van der Waals surface area contributed by atoms with Crippen molar-refractivity contribution in [3.63, 3.8) is 0 Å². The summed E-state index contributed by atoms with van der Waals surface area (Å²) in [6, 6.07) is 16.4. The lowest BCUT2D eigenvalue weighted by Crippen LogP contribution is -2.10. The highest BCUT2D eigenvalue weighted by molar-refractivity contribution is 7.87. The second-order valence-electron chi connectivity index (χ2n) is 5.49. The van der Waals surface area contributed by atoms with Crippen molar-refractivity contribution in [1.29, 1.82) is 0 Å². The highest BCUT2D eigenvalue weighted by atomic mass is 35.5. The first-order chi connectivity index (χ1) is 13.0. The summed E-state index contributed by atoms with van der Waals surface area (Å²) in [5, 5.41) is 0.307. The van der Waals surface area contributed by atoms with Gasteiger partial charge in [0.2, 0.25) is 0 Å². The van der Waals surface area contributed by atoms with Crippen LogP contribution in [0, 0.1) is 0 Å². The van der Waals surface area contributed by atoms with E-state index in [1.54, 1.807) is 36.5 Å². The van der Waals surface area contributed by atoms with E-state index in [4.69, 9.17) is 20.5 Å². The molecule has 1 aromatic heterocycles. The van der Waals surface area contributed by atoms with Crippen molar-refractivity contribution < 1.29 is 17.3 Å². The zero-order chi connectivity index (χ0) is 19.3. The zero-order valence-corrected chi connectivity index (χ0v) is 15.9. The average molecular weight is 402 g/mol. The minimum atomic E-state index is -4.03. The van der Waals surface area contributed by atoms with Crippen molar-refractivity contribution in [2.24, 2.45) is 0 Å². The molecule has 0 amide bonds. The van der Waals surface area contributed by atoms with Gasteiger partial charge in [0, 0.05) is 11.2 Å². The minimum absolute atomic E-state index is 0.0313. The molecule has 0 atom stereocenters. The summed E-state index contributed by atoms with van der Waals surface area (Å²) in [5.74, 6) is 0.385. The lowest BCUT2D eigenvalue weighted by atomic mass is 10.1. The molecule has 0 aliphatic carbocycles. The Bertz CT molecular complexity index is 1070. The molecule has 1 heterocycles. The molecular formula is C20H16ClNO4S. The number of benzene rings is 2. The molecule has 3 rings (SSSR count). The number of aromatic nitrogens is 1. The molecule has 0 N–H and O–H groups in total. The van der Waals surface area contributed by atoms with Crippen molar-refractivity contribution in [2.75, 3.05) is 7.11 Å². The second kappa shape index (κ2) is 8.24. The SMILES string of the molecule is COc1cc(/C=C/c2ccccn2)ccc1OS(=O)(=O)c1cccc(Cl)c1. The van der Waals surface area contributed by atoms with E-state index in [-0.39, 0.29) is 10.6 Å². The summed E-state index contributed by atoms with van der Waals surface area (Å²) in [7, 11) is -2.58. The zero-order valence-electron chi connectivity index (χ0n) is 14.4. The Balaban J connectivity index is 1.85. The highest BCUT2D eigenvalue weighted by Crippen LogP contribution is 2.31. The molecule has 3 aromatic rings. The first-order valence-corrected chi connectivity index (χ1v) is 9.74. The molecule has 0 radical (unpaired) electrons. The van der Waals surface area contributed by atoms with Crippen molar-refractivity contribution in [1.82, 2.24) is 4.98 Å². The molecule has 0 fully saturated rings. The van der Waals surface area contributed by atoms with Crippen LogP contribution in [0.15, 0.2) is 71.8 Å². The molecule has 5 nitrogen and oxygen atoms in total. The molecular weight excluding hydrogens is 386 g/mol. The third-order valence-corrected chi connectivity index (χ3v) is 5.07. The fraction of sp³-hybridized carbons (Fsp3) is 0.0500. The smallest absolute Gasteiger partial charge is 0.339 e. The third-order valence-electron chi connectivity index (χ3n) is 3.61. The van der Waals surface area contributed by atoms with Gasteiger partial charge in [-0.25, -0.2) is 0 Å². The number of hydrogen-bond acceptors (Lipinski definition) is 5. The quantitative estimate of drug-likeness (QED) is 0.561. The maximum atomic E-state index is 12.5. The van der Waals surface area contributed by atoms with Gasteiger partial charge in [0.25, 0.3) is 0 Å². The summed E-state index contributed by atoms with van der Waals surface area (Å²) in [6.45, 7) is 0. The van der Waals surface area contributed by atoms with Crippen LogP contribution < -0.4 is 8.92 Å². The number of hydrogen-bond donors (Lipinski definition) is 0. The summed E-state index contributed by atoms with van der Waals surface area (Å²) < 4.78 is 35.4. The van der Waals surface area contributed by atoms with Crippen LogP contribution in [0.4, 0.5) is 0 Å². The third kappa shape index (κ3) is 4.87. The van der Waals surface area contributed by atoms with Crippen LogP contribution in [-0.2, 0) is 10.1 Å². The molecule has 2 aromatic carbocycles. The largest absolute Gasteiger partial charge is 0.493 e. The van der Waals surface area contributed by atoms with E-state index in [2.05, 4.69) is 4.98 Å². The van der Waals surface area contributed by atoms with E-state index < -0.39 is 10.1 Å². The summed E-state index contributed by atoms with van der Waals surface area (Å²) in [6.07, 6.45) is 5.40. The minimum Gasteiger partial charge on any atom is -0.493 e. The van der Waals surface area contributed by atoms with E-state index >= 15 is 0 Å². The number of rotatable bonds is 6. The molecule has 138 valence electrons. The van der Waals surface area contributed by atoms with Gasteiger partial charge in [-0.15, -0.1) is 0 Å². The summed E-state index contributed by atoms with van der Waals surface area (Å²) in [4.78, 5) is 4.18. The van der Waals surface area contributed by atoms with E-state index in [9.17, 15) is 8.42 Å². The molecule has 0 saturated heterocycles. The van der Waals surface area contributed by atoms with Gasteiger partial charge in [0.15, 0.2) is 11.5 Å². The standard InChI is InChI=1S/C20H16ClNO4S/c1-25-20-13-15(8-10-17-6-2-3-12-22-17)9-11-19(20)26-27(23,24)18-7-4-5-16(21)14-18/h2-14H,1H3/b10-8+. The lowest BCUT2D eigenvalue weighted by molar-refractivity contribution is 0.390. The van der Waals surface area contributed by atoms with Gasteiger partial charge in [-0.2, -0.15) is 8.42 Å². The van der Waals surface area contributed by atoms with Crippen molar-refractivity contribution >= 4 is 33.9 Å². The molecule has 0 spiro atoms. The van der Waals surface area contributed by atoms with Gasteiger partial charge >= 0.3 is 10.1 Å². The van der Waals surface area contributed by atoms with E-state index in [0.29, 0.717) is 10.8 Å². The van der Waals surface area contributed by atoms with Gasteiger partial charge < -0.3 is 8.92 Å². The summed E-state index contributed by atoms with van der Waals surface area (Å²) >= 11 is 5.86. The Labute approximate surface area is 163 Å². The fourth-order valence-electron chi connectivity index (χ4n) is 2.30. The maximum Gasteiger partial charge on any atom is 0.339 e. The van der Waals surface area contributed by atoms with Gasteiger partial charge in [0.05, 0.1) is 12.8 Å². The monoisotopic (exact) mass is 401 g/mol. The number of halogens is 1. The first kappa shape index (κ1) is 18.9. The molecule has 27 heavy (non-hydrogen) atoms. The maximum absolute atomic E-state index is 12.5. The molecule has 0 aliphatic rings. The van der Waals surface area contributed by atoms with Crippen LogP contribution in [-0.4, -0.2) is 20.5 Å². The van der Waals surface area contributed by atoms with Gasteiger partial charge in [0.1, 0.15) is 4.90 Å². The van der Waals surface area contributed by atoms with Gasteiger partial charge in [-0.05, 0) is 54.1 Å². The van der Waals surface area contributed by atoms with E-state index in [1.807, 2.05) is 30.4 Å². The number of nitrogens with zero attached hydrogens (tertiary/aromatic N) is 1. The molecule has 0 bridgehead atoms. The van der Waals surface area contributed by atoms with Crippen molar-refractivity contribution in [3.05, 3.63) is 83.1 Å². The molecule has 7 heteroatoms. The Morgan fingerprint density at radius 1 is 0.963 bits per heavy atom. The van der Waals surface area contributed by atoms with Crippen molar-refractivity contribution in [2.45, 2.75) is 4.90 Å². The Kier molecular flexibility index (Phi) is 5.78. The Morgan fingerprint density at radius 3 is 2.52 bits per heavy atom. The fourth-order valence-corrected chi connectivity index (χ4v) is 3.54. The van der Waals surface area contributed by atoms with Crippen LogP contribution in [0.2, 0.25) is 5.02 Å². The molecule has 0 aliphatic heterocycles. The van der Waals surface area contributed by atoms with Crippen LogP contribution in [0.25, 0.3) is 12.2 Å². The lowest BCUT2D eigenvalue weighted by Gasteiger charge is -2.11. The molecule has 0 unspecified atom stereocenters. The first-order valence-electron chi connectivity index (χ1n) is 7.95. The van der Waals surface area contributed by atoms with Gasteiger partial charge in [-0.1, -0.05) is 35.9 Å². The second-order valence-corrected chi connectivity index (χ2v) is 7.48. The number of pyridine rings is 1. The van der Waals surface area contributed by atoms with Crippen LogP contribution in [0.3, 0.4) is 0 Å². The van der Waals surface area contributed by atoms with Crippen molar-refractivity contribution in [3.8, 4) is 11.5 Å². The van der Waals surface area contributed by atoms with Crippen LogP contribution in [0.5, 0.6) is 11.5 Å². The van der Waals surface area contributed by atoms with Crippen LogP contribution in [0.1, 0.15) is 11.3 Å². The summed E-state index contributed by atoms with van der Waals surface area (Å²) in [5.41, 5.74) is 1.62. The Hall–Kier alpha value is -2.83. The highest BCUT2D eigenvalue weighted by Gasteiger charge is 2.19. The predicted molar refractivity (Wildman–Crippen MR) is 105 cm³/mol. The number of methoxy groups -OCH3 is 1.